The van der Waals surface area contributed by atoms with Crippen LogP contribution in [0.25, 0.3) is 0 Å². The number of benzene rings is 1. The van der Waals surface area contributed by atoms with Crippen molar-refractivity contribution in [3.8, 4) is 0 Å². The van der Waals surface area contributed by atoms with E-state index in [4.69, 9.17) is 32.5 Å². The first-order valence-electron chi connectivity index (χ1n) is 20.1. The largest absolute Gasteiger partial charge is 0.455 e. The van der Waals surface area contributed by atoms with Crippen molar-refractivity contribution in [3.05, 3.63) is 59.7 Å². The first-order valence-corrected chi connectivity index (χ1v) is 25.0. The summed E-state index contributed by atoms with van der Waals surface area (Å²) in [7, 11) is -3.63. The van der Waals surface area contributed by atoms with Crippen molar-refractivity contribution in [2.24, 2.45) is 22.7 Å². The van der Waals surface area contributed by atoms with Gasteiger partial charge in [0.1, 0.15) is 23.9 Å². The highest BCUT2D eigenvalue weighted by molar-refractivity contribution is 6.73. The second-order valence-electron chi connectivity index (χ2n) is 17.6. The average molecular weight is 766 g/mol. The highest BCUT2D eigenvalue weighted by Crippen LogP contribution is 2.68. The molecule has 1 aromatic rings. The molecule has 2 bridgehead atoms. The zero-order valence-electron chi connectivity index (χ0n) is 33.3. The lowest BCUT2D eigenvalue weighted by atomic mass is 9.45. The van der Waals surface area contributed by atoms with Crippen LogP contribution in [0, 0.1) is 22.7 Å². The van der Waals surface area contributed by atoms with Gasteiger partial charge in [-0.15, -0.1) is 0 Å². The molecular weight excluding hydrogens is 705 g/mol. The van der Waals surface area contributed by atoms with Crippen LogP contribution in [-0.2, 0) is 37.3 Å². The summed E-state index contributed by atoms with van der Waals surface area (Å²) in [6.45, 7) is 24.3. The van der Waals surface area contributed by atoms with Crippen LogP contribution in [-0.4, -0.2) is 83.9 Å². The third kappa shape index (κ3) is 6.10. The molecule has 6 aliphatic rings. The van der Waals surface area contributed by atoms with Crippen molar-refractivity contribution in [2.45, 2.75) is 160 Å². The van der Waals surface area contributed by atoms with Crippen LogP contribution in [0.2, 0.25) is 31.2 Å². The van der Waals surface area contributed by atoms with E-state index >= 15 is 0 Å². The van der Waals surface area contributed by atoms with Gasteiger partial charge in [0.05, 0.1) is 36.2 Å². The maximum Gasteiger partial charge on any atom is 0.338 e. The summed E-state index contributed by atoms with van der Waals surface area (Å²) in [5.41, 5.74) is -0.884. The molecule has 0 aromatic heterocycles. The summed E-state index contributed by atoms with van der Waals surface area (Å²) >= 11 is 0. The Morgan fingerprint density at radius 3 is 2.26 bits per heavy atom. The number of ether oxygens (including phenoxy) is 5. The fourth-order valence-corrected chi connectivity index (χ4v) is 15.0. The summed E-state index contributed by atoms with van der Waals surface area (Å²) in [5.74, 6) is -1.30. The van der Waals surface area contributed by atoms with E-state index in [0.29, 0.717) is 24.8 Å². The molecule has 9 nitrogen and oxygen atoms in total. The van der Waals surface area contributed by atoms with Crippen LogP contribution in [0.1, 0.15) is 90.9 Å². The number of carbonyl (C=O) groups excluding carboxylic acids is 2. The Balaban J connectivity index is 1.53. The maximum absolute atomic E-state index is 14.7. The highest BCUT2D eigenvalue weighted by Gasteiger charge is 2.77. The third-order valence-corrected chi connectivity index (χ3v) is 19.7. The molecule has 1 aromatic carbocycles. The lowest BCUT2D eigenvalue weighted by Gasteiger charge is -2.69. The van der Waals surface area contributed by atoms with Gasteiger partial charge in [-0.3, -0.25) is 4.79 Å². The standard InChI is InChI=1S/C42H61O9Si2/c1-11-31-46-33-32-26(5)29(50-53(12-2,13-3)14-4)24-42(39(32,6)7,51-52(9)10)36(48-37(43)27-18-16-15-17-19-27)34-40(8,35(33)47-31)23-22-30-41(34,25-45-30)49-38(44)28-20-21-28/h11,15-19,28-31,33-36H,1,12-14,20-25H2,2-10H3/t29?,30?,31?,33?,34?,35?,36?,40-,41?,42?/m1/s1. The predicted octanol–water partition coefficient (Wildman–Crippen LogP) is 8.17. The van der Waals surface area contributed by atoms with Crippen molar-refractivity contribution in [2.75, 3.05) is 6.61 Å². The predicted molar refractivity (Wildman–Crippen MR) is 206 cm³/mol. The molecule has 9 unspecified atom stereocenters. The Hall–Kier alpha value is -2.13. The molecule has 10 atom stereocenters. The summed E-state index contributed by atoms with van der Waals surface area (Å²) in [5, 5.41) is 0. The zero-order chi connectivity index (χ0) is 38.1. The van der Waals surface area contributed by atoms with E-state index in [2.05, 4.69) is 68.1 Å². The van der Waals surface area contributed by atoms with Gasteiger partial charge in [0.25, 0.3) is 0 Å². The molecule has 53 heavy (non-hydrogen) atoms. The Bertz CT molecular complexity index is 1600. The van der Waals surface area contributed by atoms with Gasteiger partial charge in [0, 0.05) is 17.3 Å². The molecule has 5 fully saturated rings. The summed E-state index contributed by atoms with van der Waals surface area (Å²) in [6, 6.07) is 12.2. The van der Waals surface area contributed by atoms with Gasteiger partial charge in [-0.1, -0.05) is 66.3 Å². The number of fused-ring (bicyclic) bond motifs is 8. The molecule has 0 N–H and O–H groups in total. The molecule has 2 saturated heterocycles. The van der Waals surface area contributed by atoms with Gasteiger partial charge in [-0.25, -0.2) is 4.79 Å². The van der Waals surface area contributed by atoms with Crippen LogP contribution >= 0.6 is 0 Å². The molecule has 2 heterocycles. The number of hydrogen-bond donors (Lipinski definition) is 0. The Labute approximate surface area is 319 Å². The van der Waals surface area contributed by atoms with Crippen LogP contribution in [0.3, 0.4) is 0 Å². The van der Waals surface area contributed by atoms with Crippen LogP contribution in [0.4, 0.5) is 0 Å². The second-order valence-corrected chi connectivity index (χ2v) is 24.3. The van der Waals surface area contributed by atoms with Gasteiger partial charge in [-0.05, 0) is 93.2 Å². The Kier molecular flexibility index (Phi) is 10.4. The number of esters is 2. The molecule has 0 spiro atoms. The summed E-state index contributed by atoms with van der Waals surface area (Å²) < 4.78 is 49.3. The van der Waals surface area contributed by atoms with Crippen LogP contribution in [0.5, 0.6) is 0 Å². The molecule has 7 rings (SSSR count). The first-order chi connectivity index (χ1) is 25.2. The molecule has 2 aliphatic heterocycles. The average Bonchev–Trinajstić information content (AvgIpc) is 3.90. The van der Waals surface area contributed by atoms with Gasteiger partial charge < -0.3 is 32.5 Å². The molecule has 3 saturated carbocycles. The van der Waals surface area contributed by atoms with Crippen molar-refractivity contribution in [1.82, 2.24) is 0 Å². The van der Waals surface area contributed by atoms with Crippen molar-refractivity contribution >= 4 is 29.3 Å². The van der Waals surface area contributed by atoms with Crippen molar-refractivity contribution < 1.29 is 42.1 Å². The zero-order valence-corrected chi connectivity index (χ0v) is 35.3. The Morgan fingerprint density at radius 2 is 1.70 bits per heavy atom. The fraction of sp³-hybridized carbons (Fsp3) is 0.714. The topological polar surface area (TPSA) is 98.8 Å². The quantitative estimate of drug-likeness (QED) is 0.119. The van der Waals surface area contributed by atoms with Gasteiger partial charge >= 0.3 is 11.9 Å². The summed E-state index contributed by atoms with van der Waals surface area (Å²) in [4.78, 5) is 28.6. The second kappa shape index (κ2) is 14.1. The van der Waals surface area contributed by atoms with E-state index in [9.17, 15) is 9.59 Å². The van der Waals surface area contributed by atoms with E-state index in [-0.39, 0.29) is 30.7 Å². The third-order valence-electron chi connectivity index (χ3n) is 14.2. The van der Waals surface area contributed by atoms with Gasteiger partial charge in [0.15, 0.2) is 20.2 Å². The number of carbonyl (C=O) groups is 2. The summed E-state index contributed by atoms with van der Waals surface area (Å²) in [6.07, 6.45) is 2.12. The molecule has 11 heteroatoms. The molecule has 0 amide bonds. The minimum atomic E-state index is -2.18. The monoisotopic (exact) mass is 765 g/mol. The molecule has 4 aliphatic carbocycles. The van der Waals surface area contributed by atoms with Gasteiger partial charge in [-0.2, -0.15) is 0 Å². The van der Waals surface area contributed by atoms with Crippen molar-refractivity contribution in [1.29, 1.82) is 0 Å². The molecule has 291 valence electrons. The Morgan fingerprint density at radius 1 is 1.02 bits per heavy atom. The highest BCUT2D eigenvalue weighted by atomic mass is 28.4. The van der Waals surface area contributed by atoms with Crippen LogP contribution in [0.15, 0.2) is 54.1 Å². The van der Waals surface area contributed by atoms with Gasteiger partial charge in [0.2, 0.25) is 9.04 Å². The van der Waals surface area contributed by atoms with E-state index in [1.807, 2.05) is 18.2 Å². The van der Waals surface area contributed by atoms with E-state index in [0.717, 1.165) is 42.1 Å². The normalized spacial score (nSPS) is 38.8. The van der Waals surface area contributed by atoms with E-state index in [1.54, 1.807) is 18.2 Å². The molecular formula is C42H61O9Si2. The number of rotatable bonds is 12. The minimum Gasteiger partial charge on any atom is -0.455 e. The first kappa shape index (κ1) is 39.1. The lowest BCUT2D eigenvalue weighted by molar-refractivity contribution is -0.344. The van der Waals surface area contributed by atoms with Crippen LogP contribution < -0.4 is 0 Å². The van der Waals surface area contributed by atoms with E-state index < -0.39 is 75.9 Å². The smallest absolute Gasteiger partial charge is 0.338 e. The molecule has 1 radical (unpaired) electrons. The fourth-order valence-electron chi connectivity index (χ4n) is 10.9. The minimum absolute atomic E-state index is 0.121. The van der Waals surface area contributed by atoms with E-state index in [1.165, 1.54) is 0 Å². The van der Waals surface area contributed by atoms with Crippen molar-refractivity contribution in [3.63, 3.8) is 0 Å². The number of hydrogen-bond acceptors (Lipinski definition) is 9. The lowest BCUT2D eigenvalue weighted by Crippen LogP contribution is -2.80. The maximum atomic E-state index is 14.7. The SMILES string of the molecule is C=CC1OC2C3=C(C)C(O[Si](CC)(CC)CC)CC(O[Si](C)C)(C(OC(=O)c4ccccc4)C4C5(OC(=O)C6CC6)COC5CC[C@@]4(C)C2O1)C3(C)C.